The zero-order chi connectivity index (χ0) is 17.4. The van der Waals surface area contributed by atoms with Gasteiger partial charge in [-0.2, -0.15) is 0 Å². The van der Waals surface area contributed by atoms with Crippen LogP contribution < -0.4 is 0 Å². The van der Waals surface area contributed by atoms with Crippen LogP contribution in [0.4, 0.5) is 0 Å². The minimum absolute atomic E-state index is 0.288. The molecule has 0 aromatic carbocycles. The van der Waals surface area contributed by atoms with E-state index in [2.05, 4.69) is 0 Å². The van der Waals surface area contributed by atoms with Crippen LogP contribution in [0.15, 0.2) is 24.0 Å². The molecule has 136 valence electrons. The number of hydrogen-bond donors (Lipinski definition) is 6. The van der Waals surface area contributed by atoms with Crippen molar-refractivity contribution in [1.29, 1.82) is 0 Å². The van der Waals surface area contributed by atoms with E-state index >= 15 is 0 Å². The van der Waals surface area contributed by atoms with Crippen LogP contribution in [0.2, 0.25) is 0 Å². The Labute approximate surface area is 138 Å². The van der Waals surface area contributed by atoms with Crippen molar-refractivity contribution in [1.82, 2.24) is 0 Å². The third-order valence-electron chi connectivity index (χ3n) is 4.73. The first kappa shape index (κ1) is 17.8. The Hall–Kier alpha value is -1.04. The summed E-state index contributed by atoms with van der Waals surface area (Å²) in [5.74, 6) is -0.835. The molecule has 0 radical (unpaired) electrons. The molecule has 24 heavy (non-hydrogen) atoms. The topological polar surface area (TPSA) is 149 Å². The van der Waals surface area contributed by atoms with Gasteiger partial charge in [-0.05, 0) is 11.6 Å². The average molecular weight is 346 g/mol. The lowest BCUT2D eigenvalue weighted by Gasteiger charge is -2.42. The van der Waals surface area contributed by atoms with Crippen molar-refractivity contribution >= 4 is 0 Å². The van der Waals surface area contributed by atoms with Gasteiger partial charge in [-0.25, -0.2) is 0 Å². The van der Waals surface area contributed by atoms with Crippen LogP contribution >= 0.6 is 0 Å². The summed E-state index contributed by atoms with van der Waals surface area (Å²) in [5.41, 5.74) is 0.534. The fourth-order valence-electron chi connectivity index (χ4n) is 3.38. The molecule has 6 N–H and O–H groups in total. The Kier molecular flexibility index (Phi) is 5.23. The Morgan fingerprint density at radius 2 is 1.75 bits per heavy atom. The van der Waals surface area contributed by atoms with Gasteiger partial charge in [0.15, 0.2) is 6.29 Å². The minimum atomic E-state index is -1.56. The van der Waals surface area contributed by atoms with E-state index in [4.69, 9.17) is 14.2 Å². The molecule has 4 unspecified atom stereocenters. The molecule has 0 spiro atoms. The Morgan fingerprint density at radius 3 is 2.42 bits per heavy atom. The highest BCUT2D eigenvalue weighted by molar-refractivity contribution is 5.25. The molecule has 2 heterocycles. The van der Waals surface area contributed by atoms with Gasteiger partial charge in [0.05, 0.1) is 31.5 Å². The molecule has 9 atom stereocenters. The highest BCUT2D eigenvalue weighted by atomic mass is 16.8. The van der Waals surface area contributed by atoms with Crippen molar-refractivity contribution in [3.63, 3.8) is 0 Å². The lowest BCUT2D eigenvalue weighted by atomic mass is 9.88. The maximum Gasteiger partial charge on any atom is 0.209 e. The third kappa shape index (κ3) is 2.98. The monoisotopic (exact) mass is 346 g/mol. The number of rotatable bonds is 4. The van der Waals surface area contributed by atoms with Gasteiger partial charge in [0.1, 0.15) is 24.4 Å². The maximum absolute atomic E-state index is 10.0. The van der Waals surface area contributed by atoms with Crippen LogP contribution in [0, 0.1) is 11.8 Å². The number of aliphatic hydroxyl groups excluding tert-OH is 6. The molecule has 1 saturated heterocycles. The van der Waals surface area contributed by atoms with Crippen molar-refractivity contribution in [2.75, 3.05) is 13.2 Å². The summed E-state index contributed by atoms with van der Waals surface area (Å²) in [4.78, 5) is 0. The van der Waals surface area contributed by atoms with Crippen LogP contribution in [-0.2, 0) is 14.2 Å². The molecule has 3 aliphatic rings. The summed E-state index contributed by atoms with van der Waals surface area (Å²) in [6.45, 7) is -0.854. The minimum Gasteiger partial charge on any atom is -0.472 e. The predicted octanol–water partition coefficient (Wildman–Crippen LogP) is -2.80. The molecule has 3 rings (SSSR count). The molecule has 1 aliphatic carbocycles. The molecule has 0 aromatic rings. The van der Waals surface area contributed by atoms with E-state index in [1.165, 1.54) is 12.3 Å². The molecule has 0 bridgehead atoms. The molecule has 1 fully saturated rings. The smallest absolute Gasteiger partial charge is 0.209 e. The SMILES string of the molecule is OCC1=CC(O)C2C=COC(O[C@@H]3O[C@H](CO)[C@@H](O)[C@@H](O)[C@H]3O)C12. The fraction of sp³-hybridized carbons (Fsp3) is 0.733. The van der Waals surface area contributed by atoms with Gasteiger partial charge in [0.25, 0.3) is 0 Å². The first-order chi connectivity index (χ1) is 11.5. The lowest BCUT2D eigenvalue weighted by Crippen LogP contribution is -2.60. The van der Waals surface area contributed by atoms with Crippen molar-refractivity contribution in [3.05, 3.63) is 24.0 Å². The van der Waals surface area contributed by atoms with E-state index in [0.717, 1.165) is 0 Å². The van der Waals surface area contributed by atoms with Gasteiger partial charge in [-0.1, -0.05) is 6.08 Å². The van der Waals surface area contributed by atoms with Crippen molar-refractivity contribution < 1.29 is 44.8 Å². The number of aliphatic hydroxyl groups is 6. The van der Waals surface area contributed by atoms with Crippen LogP contribution in [0.1, 0.15) is 0 Å². The first-order valence-electron chi connectivity index (χ1n) is 7.75. The molecule has 9 heteroatoms. The molecule has 0 saturated carbocycles. The number of fused-ring (bicyclic) bond motifs is 1. The second kappa shape index (κ2) is 7.06. The van der Waals surface area contributed by atoms with Crippen molar-refractivity contribution in [3.8, 4) is 0 Å². The number of ether oxygens (including phenoxy) is 3. The summed E-state index contributed by atoms with van der Waals surface area (Å²) < 4.78 is 16.3. The van der Waals surface area contributed by atoms with Crippen LogP contribution in [-0.4, -0.2) is 87.0 Å². The van der Waals surface area contributed by atoms with Crippen LogP contribution in [0.5, 0.6) is 0 Å². The van der Waals surface area contributed by atoms with Gasteiger partial charge in [-0.15, -0.1) is 0 Å². The molecular weight excluding hydrogens is 324 g/mol. The summed E-state index contributed by atoms with van der Waals surface area (Å²) in [6.07, 6.45) is -4.27. The number of hydrogen-bond acceptors (Lipinski definition) is 9. The van der Waals surface area contributed by atoms with E-state index in [1.807, 2.05) is 0 Å². The molecule has 9 nitrogen and oxygen atoms in total. The first-order valence-corrected chi connectivity index (χ1v) is 7.75. The van der Waals surface area contributed by atoms with Gasteiger partial charge >= 0.3 is 0 Å². The van der Waals surface area contributed by atoms with Crippen molar-refractivity contribution in [2.45, 2.75) is 43.1 Å². The normalized spacial score (nSPS) is 47.9. The fourth-order valence-corrected chi connectivity index (χ4v) is 3.38. The summed E-state index contributed by atoms with van der Waals surface area (Å²) >= 11 is 0. The predicted molar refractivity (Wildman–Crippen MR) is 77.0 cm³/mol. The standard InChI is InChI=1S/C15H22O9/c16-4-6-3-8(18)7-1-2-22-14(10(6)7)24-15-13(21)12(20)11(19)9(5-17)23-15/h1-3,7-21H,4-5H2/t7?,8?,9-,10?,11-,12-,13-,14?,15+/m1/s1. The van der Waals surface area contributed by atoms with Gasteiger partial charge < -0.3 is 44.8 Å². The van der Waals surface area contributed by atoms with Crippen molar-refractivity contribution in [2.24, 2.45) is 11.8 Å². The van der Waals surface area contributed by atoms with Crippen LogP contribution in [0.3, 0.4) is 0 Å². The Morgan fingerprint density at radius 1 is 1.00 bits per heavy atom. The second-order valence-electron chi connectivity index (χ2n) is 6.16. The zero-order valence-electron chi connectivity index (χ0n) is 12.8. The molecule has 0 aromatic heterocycles. The summed E-state index contributed by atoms with van der Waals surface area (Å²) in [6, 6.07) is 0. The second-order valence-corrected chi connectivity index (χ2v) is 6.16. The summed E-state index contributed by atoms with van der Waals surface area (Å²) in [7, 11) is 0. The molecular formula is C15H22O9. The van der Waals surface area contributed by atoms with E-state index in [9.17, 15) is 30.6 Å². The molecule has 2 aliphatic heterocycles. The quantitative estimate of drug-likeness (QED) is 0.297. The lowest BCUT2D eigenvalue weighted by molar-refractivity contribution is -0.339. The van der Waals surface area contributed by atoms with E-state index in [1.54, 1.807) is 6.08 Å². The van der Waals surface area contributed by atoms with Gasteiger partial charge in [-0.3, -0.25) is 0 Å². The summed E-state index contributed by atoms with van der Waals surface area (Å²) in [5, 5.41) is 58.3. The zero-order valence-corrected chi connectivity index (χ0v) is 12.8. The highest BCUT2D eigenvalue weighted by Crippen LogP contribution is 2.40. The van der Waals surface area contributed by atoms with Gasteiger partial charge in [0, 0.05) is 5.92 Å². The van der Waals surface area contributed by atoms with E-state index < -0.39 is 55.6 Å². The largest absolute Gasteiger partial charge is 0.472 e. The van der Waals surface area contributed by atoms with E-state index in [0.29, 0.717) is 5.57 Å². The highest BCUT2D eigenvalue weighted by Gasteiger charge is 2.49. The maximum atomic E-state index is 10.0. The third-order valence-corrected chi connectivity index (χ3v) is 4.73. The molecule has 0 amide bonds. The van der Waals surface area contributed by atoms with Crippen LogP contribution in [0.25, 0.3) is 0 Å². The average Bonchev–Trinajstić information content (AvgIpc) is 2.92. The Balaban J connectivity index is 1.75. The Bertz CT molecular complexity index is 505. The van der Waals surface area contributed by atoms with Gasteiger partial charge in [0.2, 0.25) is 6.29 Å². The van der Waals surface area contributed by atoms with E-state index in [-0.39, 0.29) is 12.5 Å².